The molecular formula is C15H20N2O4. The number of carboxylic acids is 1. The highest BCUT2D eigenvalue weighted by Gasteiger charge is 2.25. The lowest BCUT2D eigenvalue weighted by molar-refractivity contribution is -0.140. The number of rotatable bonds is 6. The summed E-state index contributed by atoms with van der Waals surface area (Å²) in [6.07, 6.45) is 0.636. The van der Waals surface area contributed by atoms with Crippen LogP contribution in [0.5, 0.6) is 0 Å². The van der Waals surface area contributed by atoms with Crippen LogP contribution in [0.1, 0.15) is 37.6 Å². The summed E-state index contributed by atoms with van der Waals surface area (Å²) in [5.74, 6) is -1.36. The maximum Gasteiger partial charge on any atom is 0.326 e. The molecule has 1 unspecified atom stereocenters. The van der Waals surface area contributed by atoms with Crippen LogP contribution in [0.2, 0.25) is 0 Å². The van der Waals surface area contributed by atoms with Crippen LogP contribution in [0.15, 0.2) is 24.3 Å². The second-order valence-corrected chi connectivity index (χ2v) is 4.94. The van der Waals surface area contributed by atoms with E-state index in [0.29, 0.717) is 17.7 Å². The van der Waals surface area contributed by atoms with E-state index in [0.717, 1.165) is 0 Å². The van der Waals surface area contributed by atoms with Crippen LogP contribution in [-0.2, 0) is 4.79 Å². The molecule has 0 saturated carbocycles. The molecule has 6 heteroatoms. The molecule has 0 saturated heterocycles. The van der Waals surface area contributed by atoms with Crippen molar-refractivity contribution in [3.05, 3.63) is 29.8 Å². The van der Waals surface area contributed by atoms with Gasteiger partial charge in [0.2, 0.25) is 0 Å². The van der Waals surface area contributed by atoms with Crippen molar-refractivity contribution in [2.75, 3.05) is 5.32 Å². The van der Waals surface area contributed by atoms with Crippen LogP contribution in [0.3, 0.4) is 0 Å². The number of ketones is 1. The topological polar surface area (TPSA) is 95.5 Å². The van der Waals surface area contributed by atoms with E-state index < -0.39 is 18.0 Å². The average Bonchev–Trinajstić information content (AvgIpc) is 2.43. The minimum Gasteiger partial charge on any atom is -0.480 e. The molecule has 0 aliphatic carbocycles. The maximum atomic E-state index is 11.9. The van der Waals surface area contributed by atoms with Gasteiger partial charge in [0.05, 0.1) is 0 Å². The van der Waals surface area contributed by atoms with Crippen LogP contribution in [0, 0.1) is 5.92 Å². The van der Waals surface area contributed by atoms with E-state index in [1.54, 1.807) is 31.2 Å². The number of amides is 2. The van der Waals surface area contributed by atoms with E-state index in [-0.39, 0.29) is 11.7 Å². The van der Waals surface area contributed by atoms with Gasteiger partial charge in [-0.3, -0.25) is 4.79 Å². The van der Waals surface area contributed by atoms with Gasteiger partial charge in [-0.15, -0.1) is 0 Å². The van der Waals surface area contributed by atoms with Crippen molar-refractivity contribution in [2.45, 2.75) is 33.2 Å². The van der Waals surface area contributed by atoms with Gasteiger partial charge in [-0.1, -0.05) is 32.4 Å². The first-order valence-corrected chi connectivity index (χ1v) is 6.76. The van der Waals surface area contributed by atoms with E-state index in [1.165, 1.54) is 6.92 Å². The number of benzene rings is 1. The molecule has 0 bridgehead atoms. The summed E-state index contributed by atoms with van der Waals surface area (Å²) in [6, 6.07) is 4.90. The Hall–Kier alpha value is -2.37. The molecule has 1 rings (SSSR count). The van der Waals surface area contributed by atoms with Crippen molar-refractivity contribution in [1.82, 2.24) is 5.32 Å². The third kappa shape index (κ3) is 4.91. The number of aliphatic carboxylic acids is 1. The van der Waals surface area contributed by atoms with Crippen molar-refractivity contribution in [2.24, 2.45) is 5.92 Å². The summed E-state index contributed by atoms with van der Waals surface area (Å²) in [6.45, 7) is 5.05. The molecule has 6 nitrogen and oxygen atoms in total. The van der Waals surface area contributed by atoms with Crippen molar-refractivity contribution >= 4 is 23.5 Å². The Labute approximate surface area is 123 Å². The average molecular weight is 292 g/mol. The second-order valence-electron chi connectivity index (χ2n) is 4.94. The Bertz CT molecular complexity index is 542. The number of urea groups is 1. The minimum atomic E-state index is -1.07. The van der Waals surface area contributed by atoms with Crippen molar-refractivity contribution in [3.8, 4) is 0 Å². The zero-order valence-corrected chi connectivity index (χ0v) is 12.3. The largest absolute Gasteiger partial charge is 0.480 e. The molecule has 0 spiro atoms. The van der Waals surface area contributed by atoms with Crippen molar-refractivity contribution < 1.29 is 19.5 Å². The minimum absolute atomic E-state index is 0.109. The summed E-state index contributed by atoms with van der Waals surface area (Å²) in [5.41, 5.74) is 0.915. The Balaban J connectivity index is 2.74. The predicted molar refractivity (Wildman–Crippen MR) is 79.5 cm³/mol. The zero-order chi connectivity index (χ0) is 16.0. The molecule has 3 N–H and O–H groups in total. The fourth-order valence-electron chi connectivity index (χ4n) is 1.81. The predicted octanol–water partition coefficient (Wildman–Crippen LogP) is 2.51. The van der Waals surface area contributed by atoms with Crippen LogP contribution < -0.4 is 10.6 Å². The van der Waals surface area contributed by atoms with Crippen molar-refractivity contribution in [3.63, 3.8) is 0 Å². The smallest absolute Gasteiger partial charge is 0.326 e. The lowest BCUT2D eigenvalue weighted by Crippen LogP contribution is -2.46. The van der Waals surface area contributed by atoms with Gasteiger partial charge in [-0.2, -0.15) is 0 Å². The molecule has 1 aromatic rings. The third-order valence-electron chi connectivity index (χ3n) is 3.29. The van der Waals surface area contributed by atoms with E-state index in [1.807, 2.05) is 6.92 Å². The van der Waals surface area contributed by atoms with E-state index in [4.69, 9.17) is 5.11 Å². The van der Waals surface area contributed by atoms with Crippen LogP contribution in [0.25, 0.3) is 0 Å². The molecule has 0 aliphatic rings. The lowest BCUT2D eigenvalue weighted by atomic mass is 9.99. The Kier molecular flexibility index (Phi) is 5.90. The number of hydrogen-bond acceptors (Lipinski definition) is 3. The van der Waals surface area contributed by atoms with Gasteiger partial charge in [-0.25, -0.2) is 9.59 Å². The number of carbonyl (C=O) groups is 3. The number of carbonyl (C=O) groups excluding carboxylic acids is 2. The van der Waals surface area contributed by atoms with Gasteiger partial charge in [0.15, 0.2) is 5.78 Å². The first-order chi connectivity index (χ1) is 9.85. The summed E-state index contributed by atoms with van der Waals surface area (Å²) in [7, 11) is 0. The molecule has 114 valence electrons. The summed E-state index contributed by atoms with van der Waals surface area (Å²) < 4.78 is 0. The number of carboxylic acid groups (broad SMARTS) is 1. The number of anilines is 1. The highest BCUT2D eigenvalue weighted by molar-refractivity contribution is 5.97. The standard InChI is InChI=1S/C15H20N2O4/c1-4-9(2)13(14(19)20)17-15(21)16-12-7-5-6-11(8-12)10(3)18/h5-9,13H,4H2,1-3H3,(H,19,20)(H2,16,17,21)/t9?,13-/m0/s1. The highest BCUT2D eigenvalue weighted by atomic mass is 16.4. The van der Waals surface area contributed by atoms with Crippen LogP contribution >= 0.6 is 0 Å². The molecule has 0 aromatic heterocycles. The molecule has 0 radical (unpaired) electrons. The molecule has 0 heterocycles. The van der Waals surface area contributed by atoms with Gasteiger partial charge in [0.1, 0.15) is 6.04 Å². The summed E-state index contributed by atoms with van der Waals surface area (Å²) in [4.78, 5) is 34.3. The quantitative estimate of drug-likeness (QED) is 0.702. The van der Waals surface area contributed by atoms with Crippen LogP contribution in [0.4, 0.5) is 10.5 Å². The van der Waals surface area contributed by atoms with Crippen molar-refractivity contribution in [1.29, 1.82) is 0 Å². The van der Waals surface area contributed by atoms with Gasteiger partial charge in [0.25, 0.3) is 0 Å². The van der Waals surface area contributed by atoms with Gasteiger partial charge >= 0.3 is 12.0 Å². The first-order valence-electron chi connectivity index (χ1n) is 6.76. The molecule has 2 amide bonds. The number of Topliss-reactive ketones (excluding diaryl/α,β-unsaturated/α-hetero) is 1. The molecule has 1 aromatic carbocycles. The maximum absolute atomic E-state index is 11.9. The number of nitrogens with one attached hydrogen (secondary N) is 2. The van der Waals surface area contributed by atoms with Gasteiger partial charge in [0, 0.05) is 11.3 Å². The normalized spacial score (nSPS) is 13.1. The zero-order valence-electron chi connectivity index (χ0n) is 12.3. The molecule has 0 fully saturated rings. The summed E-state index contributed by atoms with van der Waals surface area (Å²) in [5, 5.41) is 14.1. The Morgan fingerprint density at radius 2 is 1.95 bits per heavy atom. The fourth-order valence-corrected chi connectivity index (χ4v) is 1.81. The fraction of sp³-hybridized carbons (Fsp3) is 0.400. The SMILES string of the molecule is CCC(C)[C@H](NC(=O)Nc1cccc(C(C)=O)c1)C(=O)O. The first kappa shape index (κ1) is 16.7. The number of hydrogen-bond donors (Lipinski definition) is 3. The van der Waals surface area contributed by atoms with Gasteiger partial charge < -0.3 is 15.7 Å². The van der Waals surface area contributed by atoms with E-state index in [2.05, 4.69) is 10.6 Å². The molecular weight excluding hydrogens is 272 g/mol. The Morgan fingerprint density at radius 1 is 1.29 bits per heavy atom. The molecule has 2 atom stereocenters. The lowest BCUT2D eigenvalue weighted by Gasteiger charge is -2.20. The monoisotopic (exact) mass is 292 g/mol. The second kappa shape index (κ2) is 7.42. The molecule has 21 heavy (non-hydrogen) atoms. The highest BCUT2D eigenvalue weighted by Crippen LogP contribution is 2.12. The Morgan fingerprint density at radius 3 is 2.48 bits per heavy atom. The van der Waals surface area contributed by atoms with E-state index >= 15 is 0 Å². The van der Waals surface area contributed by atoms with Crippen LogP contribution in [-0.4, -0.2) is 28.9 Å². The summed E-state index contributed by atoms with van der Waals surface area (Å²) >= 11 is 0. The van der Waals surface area contributed by atoms with Gasteiger partial charge in [-0.05, 0) is 25.0 Å². The van der Waals surface area contributed by atoms with E-state index in [9.17, 15) is 14.4 Å². The third-order valence-corrected chi connectivity index (χ3v) is 3.29. The molecule has 0 aliphatic heterocycles.